The molecule has 0 aliphatic carbocycles. The summed E-state index contributed by atoms with van der Waals surface area (Å²) in [5.41, 5.74) is 5.49. The Morgan fingerprint density at radius 2 is 2.60 bits per heavy atom. The van der Waals surface area contributed by atoms with Crippen molar-refractivity contribution in [2.45, 2.75) is 19.1 Å². The molecular formula is C6H12N2OS. The molecule has 10 heavy (non-hydrogen) atoms. The summed E-state index contributed by atoms with van der Waals surface area (Å²) in [6.45, 7) is 0.829. The summed E-state index contributed by atoms with van der Waals surface area (Å²) >= 11 is 1.46. The lowest BCUT2D eigenvalue weighted by molar-refractivity contribution is 0.118. The van der Waals surface area contributed by atoms with E-state index < -0.39 is 0 Å². The molecule has 0 amide bonds. The van der Waals surface area contributed by atoms with E-state index in [2.05, 4.69) is 4.99 Å². The molecule has 1 unspecified atom stereocenters. The second-order valence-corrected chi connectivity index (χ2v) is 2.97. The van der Waals surface area contributed by atoms with E-state index >= 15 is 0 Å². The van der Waals surface area contributed by atoms with Gasteiger partial charge in [0.1, 0.15) is 0 Å². The fourth-order valence-corrected chi connectivity index (χ4v) is 1.08. The van der Waals surface area contributed by atoms with Gasteiger partial charge < -0.3 is 10.5 Å². The second kappa shape index (κ2) is 3.83. The van der Waals surface area contributed by atoms with E-state index in [0.717, 1.165) is 19.4 Å². The molecule has 1 atom stereocenters. The largest absolute Gasteiger partial charge is 0.378 e. The van der Waals surface area contributed by atoms with Gasteiger partial charge >= 0.3 is 0 Å². The van der Waals surface area contributed by atoms with Gasteiger partial charge in [-0.1, -0.05) is 11.8 Å². The Kier molecular flexibility index (Phi) is 3.02. The first-order valence-electron chi connectivity index (χ1n) is 3.32. The van der Waals surface area contributed by atoms with Crippen LogP contribution in [-0.4, -0.2) is 24.3 Å². The summed E-state index contributed by atoms with van der Waals surface area (Å²) in [7, 11) is 0. The van der Waals surface area contributed by atoms with Gasteiger partial charge in [0.15, 0.2) is 11.4 Å². The molecule has 0 bridgehead atoms. The van der Waals surface area contributed by atoms with Crippen LogP contribution in [0.25, 0.3) is 0 Å². The van der Waals surface area contributed by atoms with Crippen molar-refractivity contribution in [2.75, 3.05) is 12.9 Å². The van der Waals surface area contributed by atoms with Crippen LogP contribution in [0.3, 0.4) is 0 Å². The monoisotopic (exact) mass is 160 g/mol. The lowest BCUT2D eigenvalue weighted by Gasteiger charge is -2.02. The number of hydrogen-bond donors (Lipinski definition) is 1. The first-order valence-corrected chi connectivity index (χ1v) is 4.54. The van der Waals surface area contributed by atoms with E-state index in [-0.39, 0.29) is 6.23 Å². The SMILES string of the molecule is CS/C(N)=N\C1CCCO1. The van der Waals surface area contributed by atoms with Gasteiger partial charge in [-0.3, -0.25) is 0 Å². The Bertz CT molecular complexity index is 132. The van der Waals surface area contributed by atoms with Crippen LogP contribution in [0, 0.1) is 0 Å². The fraction of sp³-hybridized carbons (Fsp3) is 0.833. The number of ether oxygens (including phenoxy) is 1. The van der Waals surface area contributed by atoms with E-state index in [4.69, 9.17) is 10.5 Å². The normalized spacial score (nSPS) is 27.3. The zero-order valence-corrected chi connectivity index (χ0v) is 6.86. The van der Waals surface area contributed by atoms with Gasteiger partial charge in [0, 0.05) is 6.61 Å². The summed E-state index contributed by atoms with van der Waals surface area (Å²) in [5.74, 6) is 0. The van der Waals surface area contributed by atoms with Crippen LogP contribution in [0.4, 0.5) is 0 Å². The van der Waals surface area contributed by atoms with E-state index in [1.165, 1.54) is 11.8 Å². The average Bonchev–Trinajstić information content (AvgIpc) is 2.40. The highest BCUT2D eigenvalue weighted by atomic mass is 32.2. The molecule has 1 aliphatic heterocycles. The maximum Gasteiger partial charge on any atom is 0.156 e. The quantitative estimate of drug-likeness (QED) is 0.456. The maximum atomic E-state index is 5.49. The molecule has 4 heteroatoms. The summed E-state index contributed by atoms with van der Waals surface area (Å²) < 4.78 is 5.24. The van der Waals surface area contributed by atoms with Crippen molar-refractivity contribution in [1.29, 1.82) is 0 Å². The van der Waals surface area contributed by atoms with E-state index in [1.54, 1.807) is 0 Å². The van der Waals surface area contributed by atoms with E-state index in [9.17, 15) is 0 Å². The molecule has 0 spiro atoms. The molecule has 1 rings (SSSR count). The summed E-state index contributed by atoms with van der Waals surface area (Å²) in [6.07, 6.45) is 4.07. The lowest BCUT2D eigenvalue weighted by Crippen LogP contribution is -2.11. The summed E-state index contributed by atoms with van der Waals surface area (Å²) in [4.78, 5) is 4.13. The molecule has 1 fully saturated rings. The number of nitrogens with two attached hydrogens (primary N) is 1. The Labute approximate surface area is 65.0 Å². The third kappa shape index (κ3) is 2.19. The molecule has 0 aromatic rings. The fourth-order valence-electron chi connectivity index (χ4n) is 0.857. The molecule has 58 valence electrons. The third-order valence-corrected chi connectivity index (χ3v) is 1.91. The minimum absolute atomic E-state index is 0.0347. The smallest absolute Gasteiger partial charge is 0.156 e. The van der Waals surface area contributed by atoms with Crippen LogP contribution in [-0.2, 0) is 4.74 Å². The van der Waals surface area contributed by atoms with Crippen molar-refractivity contribution < 1.29 is 4.74 Å². The molecular weight excluding hydrogens is 148 g/mol. The highest BCUT2D eigenvalue weighted by molar-refractivity contribution is 8.13. The molecule has 1 aliphatic rings. The van der Waals surface area contributed by atoms with Crippen molar-refractivity contribution in [3.63, 3.8) is 0 Å². The Hall–Kier alpha value is -0.220. The van der Waals surface area contributed by atoms with Crippen molar-refractivity contribution in [2.24, 2.45) is 10.7 Å². The van der Waals surface area contributed by atoms with Gasteiger partial charge in [0.25, 0.3) is 0 Å². The van der Waals surface area contributed by atoms with Crippen molar-refractivity contribution in [3.8, 4) is 0 Å². The zero-order valence-electron chi connectivity index (χ0n) is 6.04. The van der Waals surface area contributed by atoms with Gasteiger partial charge in [-0.15, -0.1) is 0 Å². The van der Waals surface area contributed by atoms with Gasteiger partial charge in [-0.2, -0.15) is 0 Å². The number of thioether (sulfide) groups is 1. The summed E-state index contributed by atoms with van der Waals surface area (Å²) in [5, 5.41) is 0.618. The number of nitrogens with zero attached hydrogens (tertiary/aromatic N) is 1. The van der Waals surface area contributed by atoms with E-state index in [1.807, 2.05) is 6.26 Å². The van der Waals surface area contributed by atoms with E-state index in [0.29, 0.717) is 5.17 Å². The van der Waals surface area contributed by atoms with Gasteiger partial charge in [0.05, 0.1) is 0 Å². The molecule has 1 heterocycles. The number of hydrogen-bond acceptors (Lipinski definition) is 3. The van der Waals surface area contributed by atoms with Crippen LogP contribution in [0.5, 0.6) is 0 Å². The highest BCUT2D eigenvalue weighted by Gasteiger charge is 2.13. The van der Waals surface area contributed by atoms with Crippen LogP contribution < -0.4 is 5.73 Å². The number of rotatable bonds is 1. The second-order valence-electron chi connectivity index (χ2n) is 2.14. The maximum absolute atomic E-state index is 5.49. The lowest BCUT2D eigenvalue weighted by atomic mass is 10.3. The van der Waals surface area contributed by atoms with Crippen LogP contribution in [0.2, 0.25) is 0 Å². The number of aliphatic imine (C=N–C) groups is 1. The molecule has 0 aromatic heterocycles. The molecule has 0 saturated carbocycles. The Morgan fingerprint density at radius 3 is 3.10 bits per heavy atom. The first-order chi connectivity index (χ1) is 4.83. The predicted molar refractivity (Wildman–Crippen MR) is 44.1 cm³/mol. The Balaban J connectivity index is 2.34. The minimum Gasteiger partial charge on any atom is -0.378 e. The van der Waals surface area contributed by atoms with Crippen LogP contribution in [0.1, 0.15) is 12.8 Å². The minimum atomic E-state index is 0.0347. The van der Waals surface area contributed by atoms with Gasteiger partial charge in [-0.05, 0) is 19.1 Å². The number of amidine groups is 1. The molecule has 2 N–H and O–H groups in total. The van der Waals surface area contributed by atoms with Crippen molar-refractivity contribution in [3.05, 3.63) is 0 Å². The Morgan fingerprint density at radius 1 is 1.80 bits per heavy atom. The van der Waals surface area contributed by atoms with Crippen molar-refractivity contribution >= 4 is 16.9 Å². The standard InChI is InChI=1S/C6H12N2OS/c1-10-6(7)8-5-3-2-4-9-5/h5H,2-4H2,1H3,(H2,7,8). The third-order valence-electron chi connectivity index (χ3n) is 1.39. The van der Waals surface area contributed by atoms with Crippen LogP contribution in [0.15, 0.2) is 4.99 Å². The topological polar surface area (TPSA) is 47.6 Å². The van der Waals surface area contributed by atoms with Gasteiger partial charge in [-0.25, -0.2) is 4.99 Å². The first kappa shape index (κ1) is 7.88. The molecule has 3 nitrogen and oxygen atoms in total. The summed E-state index contributed by atoms with van der Waals surface area (Å²) in [6, 6.07) is 0. The zero-order chi connectivity index (χ0) is 7.40. The van der Waals surface area contributed by atoms with Crippen molar-refractivity contribution in [1.82, 2.24) is 0 Å². The molecule has 0 aromatic carbocycles. The molecule has 1 saturated heterocycles. The van der Waals surface area contributed by atoms with Crippen LogP contribution >= 0.6 is 11.8 Å². The molecule has 0 radical (unpaired) electrons. The van der Waals surface area contributed by atoms with Gasteiger partial charge in [0.2, 0.25) is 0 Å². The highest BCUT2D eigenvalue weighted by Crippen LogP contribution is 2.13. The average molecular weight is 160 g/mol. The predicted octanol–water partition coefficient (Wildman–Crippen LogP) is 0.801.